The standard InChI is InChI=1S/C28H28F3N3O2.C4H9NO.C3H8.CH4O/c1-4-6-16(7-5-2)25-22(28(29,30)31)24(34-35-25)26-21-11-9-18-14-17(19-12-13-27(3,32)15-19)8-10-20(18)23(21)33-36-26;1-4(2)5-6-3;1-3-2;1-2/h4-8,10,14,19H,1,9,11-13,15,32H2,2-3H3;1-3H3;3H2,1-2H3;2H,1H3/b7-5-,16-6+;;;. The van der Waals surface area contributed by atoms with Gasteiger partial charge in [-0.2, -0.15) is 13.2 Å². The number of aliphatic hydroxyl groups is 1. The highest BCUT2D eigenvalue weighted by Gasteiger charge is 2.43. The highest BCUT2D eigenvalue weighted by Crippen LogP contribution is 2.46. The van der Waals surface area contributed by atoms with Gasteiger partial charge in [0.05, 0.1) is 5.71 Å². The van der Waals surface area contributed by atoms with E-state index >= 15 is 0 Å². The SMILES string of the molecule is C=C/C=C(\C=C/C)c1onc(-c2onc3c2CCc2cc(C4CCC(C)(N)C4)ccc2-3)c1C(F)(F)F.CCC.CO.CON=C(C)C. The fourth-order valence-electron chi connectivity index (χ4n) is 5.66. The Kier molecular flexibility index (Phi) is 14.9. The molecular formula is C36H49F3N4O4. The van der Waals surface area contributed by atoms with Crippen LogP contribution >= 0.6 is 0 Å². The minimum atomic E-state index is -4.72. The number of alkyl halides is 3. The number of benzene rings is 1. The van der Waals surface area contributed by atoms with Gasteiger partial charge >= 0.3 is 6.18 Å². The molecule has 1 saturated carbocycles. The molecule has 2 aromatic heterocycles. The lowest BCUT2D eigenvalue weighted by atomic mass is 9.84. The highest BCUT2D eigenvalue weighted by atomic mass is 19.4. The number of aryl methyl sites for hydroxylation is 1. The first-order valence-electron chi connectivity index (χ1n) is 15.7. The smallest absolute Gasteiger partial charge is 0.400 e. The van der Waals surface area contributed by atoms with Gasteiger partial charge in [-0.3, -0.25) is 0 Å². The summed E-state index contributed by atoms with van der Waals surface area (Å²) in [6.45, 7) is 15.4. The summed E-state index contributed by atoms with van der Waals surface area (Å²) in [4.78, 5) is 4.39. The van der Waals surface area contributed by atoms with Crippen molar-refractivity contribution in [3.63, 3.8) is 0 Å². The van der Waals surface area contributed by atoms with Crippen molar-refractivity contribution in [2.24, 2.45) is 10.9 Å². The first kappa shape index (κ1) is 39.2. The Labute approximate surface area is 276 Å². The topological polar surface area (TPSA) is 120 Å². The highest BCUT2D eigenvalue weighted by molar-refractivity contribution is 5.81. The Hall–Kier alpha value is -3.96. The van der Waals surface area contributed by atoms with Crippen molar-refractivity contribution in [1.29, 1.82) is 0 Å². The summed E-state index contributed by atoms with van der Waals surface area (Å²) in [5, 5.41) is 18.5. The zero-order valence-corrected chi connectivity index (χ0v) is 28.8. The van der Waals surface area contributed by atoms with Crippen LogP contribution in [0.4, 0.5) is 13.2 Å². The van der Waals surface area contributed by atoms with E-state index in [2.05, 4.69) is 59.8 Å². The Morgan fingerprint density at radius 1 is 1.17 bits per heavy atom. The number of nitrogens with zero attached hydrogens (tertiary/aromatic N) is 3. The maximum Gasteiger partial charge on any atom is 0.422 e. The second-order valence-corrected chi connectivity index (χ2v) is 11.9. The van der Waals surface area contributed by atoms with Gasteiger partial charge in [-0.15, -0.1) is 0 Å². The van der Waals surface area contributed by atoms with Gasteiger partial charge in [0.25, 0.3) is 0 Å². The van der Waals surface area contributed by atoms with E-state index in [1.807, 2.05) is 19.9 Å². The molecule has 0 spiro atoms. The first-order valence-corrected chi connectivity index (χ1v) is 15.7. The van der Waals surface area contributed by atoms with Gasteiger partial charge in [0.15, 0.2) is 17.2 Å². The molecule has 1 fully saturated rings. The molecule has 3 N–H and O–H groups in total. The number of nitrogens with two attached hydrogens (primary N) is 1. The molecule has 0 radical (unpaired) electrons. The van der Waals surface area contributed by atoms with E-state index < -0.39 is 11.7 Å². The van der Waals surface area contributed by atoms with Gasteiger partial charge in [-0.25, -0.2) is 0 Å². The summed E-state index contributed by atoms with van der Waals surface area (Å²) >= 11 is 0. The average Bonchev–Trinajstić information content (AvgIpc) is 3.74. The lowest BCUT2D eigenvalue weighted by Gasteiger charge is -2.20. The minimum Gasteiger partial charge on any atom is -0.400 e. The predicted octanol–water partition coefficient (Wildman–Crippen LogP) is 9.30. The number of hydrogen-bond donors (Lipinski definition) is 2. The molecule has 258 valence electrons. The molecule has 3 aromatic rings. The molecule has 47 heavy (non-hydrogen) atoms. The number of fused-ring (bicyclic) bond motifs is 3. The van der Waals surface area contributed by atoms with Crippen molar-refractivity contribution in [1.82, 2.24) is 10.3 Å². The van der Waals surface area contributed by atoms with Gasteiger partial charge in [0, 0.05) is 29.3 Å². The fourth-order valence-corrected chi connectivity index (χ4v) is 5.66. The van der Waals surface area contributed by atoms with Crippen LogP contribution < -0.4 is 5.73 Å². The maximum absolute atomic E-state index is 14.2. The molecule has 0 bridgehead atoms. The van der Waals surface area contributed by atoms with E-state index in [1.54, 1.807) is 13.0 Å². The van der Waals surface area contributed by atoms with Crippen LogP contribution in [0.2, 0.25) is 0 Å². The quantitative estimate of drug-likeness (QED) is 0.154. The van der Waals surface area contributed by atoms with Gasteiger partial charge in [-0.1, -0.05) is 84.8 Å². The van der Waals surface area contributed by atoms with Gasteiger partial charge in [-0.05, 0) is 76.8 Å². The monoisotopic (exact) mass is 658 g/mol. The Morgan fingerprint density at radius 2 is 1.83 bits per heavy atom. The molecule has 8 nitrogen and oxygen atoms in total. The summed E-state index contributed by atoms with van der Waals surface area (Å²) in [7, 11) is 2.53. The van der Waals surface area contributed by atoms with Crippen LogP contribution in [-0.2, 0) is 23.9 Å². The average molecular weight is 659 g/mol. The molecule has 0 saturated heterocycles. The summed E-state index contributed by atoms with van der Waals surface area (Å²) < 4.78 is 53.5. The molecular weight excluding hydrogens is 609 g/mol. The molecule has 5 rings (SSSR count). The first-order chi connectivity index (χ1) is 22.3. The maximum atomic E-state index is 14.2. The van der Waals surface area contributed by atoms with Crippen LogP contribution in [0.5, 0.6) is 0 Å². The lowest BCUT2D eigenvalue weighted by Crippen LogP contribution is -2.32. The molecule has 0 aliphatic heterocycles. The second kappa shape index (κ2) is 17.8. The molecule has 11 heteroatoms. The Balaban J connectivity index is 0.000000612. The molecule has 0 amide bonds. The molecule has 2 aliphatic rings. The van der Waals surface area contributed by atoms with Crippen molar-refractivity contribution in [3.05, 3.63) is 77.1 Å². The molecule has 2 heterocycles. The molecule has 2 aliphatic carbocycles. The van der Waals surface area contributed by atoms with Crippen molar-refractivity contribution < 1.29 is 32.2 Å². The summed E-state index contributed by atoms with van der Waals surface area (Å²) in [6, 6.07) is 6.27. The van der Waals surface area contributed by atoms with Crippen LogP contribution in [0.3, 0.4) is 0 Å². The lowest BCUT2D eigenvalue weighted by molar-refractivity contribution is -0.137. The van der Waals surface area contributed by atoms with Crippen molar-refractivity contribution >= 4 is 11.3 Å². The molecule has 1 aromatic carbocycles. The van der Waals surface area contributed by atoms with Gasteiger partial charge in [0.2, 0.25) is 0 Å². The number of rotatable bonds is 6. The van der Waals surface area contributed by atoms with E-state index in [4.69, 9.17) is 19.9 Å². The second-order valence-electron chi connectivity index (χ2n) is 11.9. The van der Waals surface area contributed by atoms with Crippen molar-refractivity contribution in [2.75, 3.05) is 14.2 Å². The van der Waals surface area contributed by atoms with E-state index in [0.717, 1.165) is 43.2 Å². The zero-order valence-electron chi connectivity index (χ0n) is 28.8. The minimum absolute atomic E-state index is 0.00447. The number of allylic oxidation sites excluding steroid dienone is 5. The number of hydrogen-bond acceptors (Lipinski definition) is 8. The third kappa shape index (κ3) is 10.0. The van der Waals surface area contributed by atoms with E-state index in [9.17, 15) is 13.2 Å². The zero-order chi connectivity index (χ0) is 35.4. The van der Waals surface area contributed by atoms with Crippen molar-refractivity contribution in [2.45, 2.75) is 97.7 Å². The van der Waals surface area contributed by atoms with E-state index in [1.165, 1.54) is 37.3 Å². The summed E-state index contributed by atoms with van der Waals surface area (Å²) in [6.07, 6.45) is 6.67. The van der Waals surface area contributed by atoms with Crippen LogP contribution in [0, 0.1) is 0 Å². The van der Waals surface area contributed by atoms with Crippen LogP contribution in [-0.4, -0.2) is 40.9 Å². The van der Waals surface area contributed by atoms with Gasteiger partial charge < -0.3 is 24.7 Å². The summed E-state index contributed by atoms with van der Waals surface area (Å²) in [5.41, 5.74) is 10.4. The predicted molar refractivity (Wildman–Crippen MR) is 182 cm³/mol. The third-order valence-corrected chi connectivity index (χ3v) is 7.44. The largest absolute Gasteiger partial charge is 0.422 e. The van der Waals surface area contributed by atoms with Crippen LogP contribution in [0.15, 0.2) is 63.3 Å². The van der Waals surface area contributed by atoms with Crippen molar-refractivity contribution in [3.8, 4) is 22.7 Å². The number of oxime groups is 1. The van der Waals surface area contributed by atoms with E-state index in [-0.39, 0.29) is 28.3 Å². The number of aliphatic hydroxyl groups excluding tert-OH is 1. The Morgan fingerprint density at radius 3 is 2.34 bits per heavy atom. The normalized spacial score (nSPS) is 18.4. The number of halogens is 3. The number of aromatic nitrogens is 2. The van der Waals surface area contributed by atoms with Crippen LogP contribution in [0.1, 0.15) is 101 Å². The third-order valence-electron chi connectivity index (χ3n) is 7.44. The Bertz CT molecular complexity index is 1540. The fraction of sp³-hybridized carbons (Fsp3) is 0.472. The molecule has 2 unspecified atom stereocenters. The van der Waals surface area contributed by atoms with Gasteiger partial charge in [0.1, 0.15) is 18.4 Å². The summed E-state index contributed by atoms with van der Waals surface area (Å²) in [5.74, 6) is 0.0255. The molecule has 2 atom stereocenters. The van der Waals surface area contributed by atoms with Crippen LogP contribution in [0.25, 0.3) is 28.3 Å². The van der Waals surface area contributed by atoms with E-state index in [0.29, 0.717) is 30.0 Å².